The Morgan fingerprint density at radius 2 is 1.73 bits per heavy atom. The first-order valence-electron chi connectivity index (χ1n) is 8.13. The quantitative estimate of drug-likeness (QED) is 0.438. The third-order valence-corrected chi connectivity index (χ3v) is 3.64. The summed E-state index contributed by atoms with van der Waals surface area (Å²) in [6.45, 7) is -0.409. The van der Waals surface area contributed by atoms with E-state index in [4.69, 9.17) is 4.74 Å². The van der Waals surface area contributed by atoms with Gasteiger partial charge in [-0.2, -0.15) is 0 Å². The zero-order valence-corrected chi connectivity index (χ0v) is 15.1. The molecule has 12 heteroatoms. The van der Waals surface area contributed by atoms with Gasteiger partial charge in [-0.3, -0.25) is 0 Å². The third-order valence-electron chi connectivity index (χ3n) is 3.64. The van der Waals surface area contributed by atoms with Crippen LogP contribution in [0.2, 0.25) is 0 Å². The van der Waals surface area contributed by atoms with Crippen molar-refractivity contribution >= 4 is 5.97 Å². The lowest BCUT2D eigenvalue weighted by Gasteiger charge is -2.09. The Kier molecular flexibility index (Phi) is 5.85. The number of hydrogen-bond acceptors (Lipinski definition) is 6. The zero-order chi connectivity index (χ0) is 21.9. The fourth-order valence-corrected chi connectivity index (χ4v) is 2.36. The molecule has 3 aromatic rings. The second-order valence-corrected chi connectivity index (χ2v) is 5.70. The Morgan fingerprint density at radius 1 is 1.10 bits per heavy atom. The van der Waals surface area contributed by atoms with Crippen molar-refractivity contribution in [2.24, 2.45) is 0 Å². The maximum Gasteiger partial charge on any atom is 0.573 e. The van der Waals surface area contributed by atoms with Crippen LogP contribution in [-0.4, -0.2) is 34.2 Å². The minimum absolute atomic E-state index is 0.0430. The molecular weight excluding hydrogens is 417 g/mol. The van der Waals surface area contributed by atoms with E-state index in [9.17, 15) is 26.7 Å². The number of rotatable bonds is 6. The lowest BCUT2D eigenvalue weighted by molar-refractivity contribution is -0.274. The van der Waals surface area contributed by atoms with E-state index in [0.717, 1.165) is 31.4 Å². The molecule has 0 spiro atoms. The maximum absolute atomic E-state index is 14.0. The van der Waals surface area contributed by atoms with Gasteiger partial charge < -0.3 is 14.2 Å². The number of aromatic nitrogens is 3. The molecule has 1 aromatic heterocycles. The monoisotopic (exact) mass is 429 g/mol. The van der Waals surface area contributed by atoms with E-state index in [1.165, 1.54) is 23.1 Å². The van der Waals surface area contributed by atoms with E-state index >= 15 is 0 Å². The third kappa shape index (κ3) is 5.01. The number of ether oxygens (including phenoxy) is 3. The number of hydrogen-bond donors (Lipinski definition) is 0. The lowest BCUT2D eigenvalue weighted by Crippen LogP contribution is -2.17. The van der Waals surface area contributed by atoms with Crippen LogP contribution in [0, 0.1) is 11.6 Å². The molecule has 0 saturated carbocycles. The van der Waals surface area contributed by atoms with Gasteiger partial charge in [-0.15, -0.1) is 18.3 Å². The van der Waals surface area contributed by atoms with Crippen molar-refractivity contribution in [1.82, 2.24) is 14.8 Å². The summed E-state index contributed by atoms with van der Waals surface area (Å²) < 4.78 is 79.1. The Morgan fingerprint density at radius 3 is 2.30 bits per heavy atom. The second kappa shape index (κ2) is 8.35. The average molecular weight is 429 g/mol. The molecule has 0 radical (unpaired) electrons. The summed E-state index contributed by atoms with van der Waals surface area (Å²) in [4.78, 5) is 15.3. The van der Waals surface area contributed by atoms with E-state index in [1.54, 1.807) is 0 Å². The number of alkyl halides is 3. The number of halogens is 5. The molecule has 158 valence electrons. The second-order valence-electron chi connectivity index (χ2n) is 5.70. The van der Waals surface area contributed by atoms with Gasteiger partial charge in [0.1, 0.15) is 18.7 Å². The molecular formula is C18H12F5N3O4. The van der Waals surface area contributed by atoms with Crippen molar-refractivity contribution in [2.75, 3.05) is 7.11 Å². The molecule has 0 fully saturated rings. The molecule has 7 nitrogen and oxygen atoms in total. The van der Waals surface area contributed by atoms with Crippen LogP contribution in [0.3, 0.4) is 0 Å². The largest absolute Gasteiger partial charge is 0.573 e. The van der Waals surface area contributed by atoms with E-state index in [-0.39, 0.29) is 11.4 Å². The first-order chi connectivity index (χ1) is 14.2. The van der Waals surface area contributed by atoms with Crippen LogP contribution in [0.5, 0.6) is 11.5 Å². The van der Waals surface area contributed by atoms with Crippen molar-refractivity contribution in [3.05, 3.63) is 65.7 Å². The fourth-order valence-electron chi connectivity index (χ4n) is 2.36. The van der Waals surface area contributed by atoms with Crippen molar-refractivity contribution in [2.45, 2.75) is 13.0 Å². The Bertz CT molecular complexity index is 1030. The Hall–Kier alpha value is -3.70. The van der Waals surface area contributed by atoms with Crippen molar-refractivity contribution in [3.63, 3.8) is 0 Å². The first-order valence-corrected chi connectivity index (χ1v) is 8.13. The van der Waals surface area contributed by atoms with Gasteiger partial charge in [-0.1, -0.05) is 0 Å². The minimum atomic E-state index is -4.81. The van der Waals surface area contributed by atoms with Gasteiger partial charge in [0.25, 0.3) is 0 Å². The number of benzene rings is 2. The molecule has 0 saturated heterocycles. The smallest absolute Gasteiger partial charge is 0.479 e. The normalized spacial score (nSPS) is 11.3. The van der Waals surface area contributed by atoms with Gasteiger partial charge in [0.15, 0.2) is 23.2 Å². The molecule has 1 heterocycles. The van der Waals surface area contributed by atoms with Crippen LogP contribution >= 0.6 is 0 Å². The van der Waals surface area contributed by atoms with E-state index < -0.39 is 42.1 Å². The van der Waals surface area contributed by atoms with Crippen molar-refractivity contribution in [1.29, 1.82) is 0 Å². The summed E-state index contributed by atoms with van der Waals surface area (Å²) in [5.74, 6) is -4.23. The number of esters is 1. The Balaban J connectivity index is 1.68. The molecule has 0 aliphatic carbocycles. The summed E-state index contributed by atoms with van der Waals surface area (Å²) in [6, 6.07) is 6.33. The average Bonchev–Trinajstić information content (AvgIpc) is 3.15. The van der Waals surface area contributed by atoms with E-state index in [1.807, 2.05) is 0 Å². The molecule has 0 amide bonds. The highest BCUT2D eigenvalue weighted by Gasteiger charge is 2.31. The molecule has 2 aromatic carbocycles. The number of methoxy groups -OCH3 is 1. The van der Waals surface area contributed by atoms with Gasteiger partial charge in [0.05, 0.1) is 18.4 Å². The predicted molar refractivity (Wildman–Crippen MR) is 90.1 cm³/mol. The van der Waals surface area contributed by atoms with Gasteiger partial charge in [-0.25, -0.2) is 23.2 Å². The van der Waals surface area contributed by atoms with Gasteiger partial charge in [-0.05, 0) is 36.4 Å². The van der Waals surface area contributed by atoms with Gasteiger partial charge >= 0.3 is 12.3 Å². The zero-order valence-electron chi connectivity index (χ0n) is 15.1. The van der Waals surface area contributed by atoms with E-state index in [2.05, 4.69) is 19.6 Å². The molecule has 0 aliphatic rings. The number of nitrogens with zero attached hydrogens (tertiary/aromatic N) is 3. The van der Waals surface area contributed by atoms with Crippen molar-refractivity contribution in [3.8, 4) is 17.2 Å². The molecule has 0 bridgehead atoms. The van der Waals surface area contributed by atoms with Crippen LogP contribution < -0.4 is 9.47 Å². The van der Waals surface area contributed by atoms with Crippen LogP contribution in [0.25, 0.3) is 5.69 Å². The molecule has 0 unspecified atom stereocenters. The summed E-state index contributed by atoms with van der Waals surface area (Å²) in [7, 11) is 1.07. The van der Waals surface area contributed by atoms with Crippen LogP contribution in [0.15, 0.2) is 42.7 Å². The fraction of sp³-hybridized carbons (Fsp3) is 0.167. The van der Waals surface area contributed by atoms with Gasteiger partial charge in [0, 0.05) is 0 Å². The highest BCUT2D eigenvalue weighted by Crippen LogP contribution is 2.25. The topological polar surface area (TPSA) is 75.5 Å². The SMILES string of the molecule is COC(=O)c1cc(F)c(OCc2ncn(-c3ccc(OC(F)(F)F)cc3)n2)c(F)c1. The first kappa shape index (κ1) is 21.0. The predicted octanol–water partition coefficient (Wildman–Crippen LogP) is 3.81. The standard InChI is InChI=1S/C18H12F5N3O4/c1-28-17(27)10-6-13(19)16(14(20)7-10)29-8-15-24-9-26(25-15)11-2-4-12(5-3-11)30-18(21,22)23/h2-7,9H,8H2,1H3. The summed E-state index contributed by atoms with van der Waals surface area (Å²) >= 11 is 0. The van der Waals surface area contributed by atoms with Crippen molar-refractivity contribution < 1.29 is 41.0 Å². The van der Waals surface area contributed by atoms with Crippen LogP contribution in [0.4, 0.5) is 22.0 Å². The highest BCUT2D eigenvalue weighted by molar-refractivity contribution is 5.89. The Labute approximate surface area is 165 Å². The molecule has 0 N–H and O–H groups in total. The number of carbonyl (C=O) groups is 1. The summed E-state index contributed by atoms with van der Waals surface area (Å²) in [6.07, 6.45) is -3.57. The summed E-state index contributed by atoms with van der Waals surface area (Å²) in [5.41, 5.74) is 0.0447. The highest BCUT2D eigenvalue weighted by atomic mass is 19.4. The van der Waals surface area contributed by atoms with Crippen LogP contribution in [-0.2, 0) is 11.3 Å². The molecule has 3 rings (SSSR count). The molecule has 0 atom stereocenters. The molecule has 0 aliphatic heterocycles. The lowest BCUT2D eigenvalue weighted by atomic mass is 10.2. The number of carbonyl (C=O) groups excluding carboxylic acids is 1. The van der Waals surface area contributed by atoms with E-state index in [0.29, 0.717) is 5.69 Å². The summed E-state index contributed by atoms with van der Waals surface area (Å²) in [5, 5.41) is 4.02. The van der Waals surface area contributed by atoms with Crippen LogP contribution in [0.1, 0.15) is 16.2 Å². The van der Waals surface area contributed by atoms with Gasteiger partial charge in [0.2, 0.25) is 0 Å². The molecule has 30 heavy (non-hydrogen) atoms. The maximum atomic E-state index is 14.0. The minimum Gasteiger partial charge on any atom is -0.479 e.